The SMILES string of the molecule is Nc1cnn2c(N)cc(N3CC[C@H](N)C3)nc12. The van der Waals surface area contributed by atoms with Crippen LogP contribution in [0.3, 0.4) is 0 Å². The number of nitrogens with two attached hydrogens (primary N) is 3. The molecule has 0 aromatic carbocycles. The number of hydrogen-bond acceptors (Lipinski definition) is 6. The Labute approximate surface area is 98.2 Å². The second-order valence-electron chi connectivity index (χ2n) is 4.37. The Hall–Kier alpha value is -2.02. The van der Waals surface area contributed by atoms with E-state index in [1.807, 2.05) is 0 Å². The summed E-state index contributed by atoms with van der Waals surface area (Å²) in [6, 6.07) is 2.01. The normalized spacial score (nSPS) is 20.3. The Kier molecular flexibility index (Phi) is 2.08. The summed E-state index contributed by atoms with van der Waals surface area (Å²) < 4.78 is 1.54. The largest absolute Gasteiger partial charge is 0.394 e. The molecule has 7 heteroatoms. The van der Waals surface area contributed by atoms with Gasteiger partial charge in [-0.25, -0.2) is 4.98 Å². The molecular weight excluding hydrogens is 218 g/mol. The van der Waals surface area contributed by atoms with Crippen molar-refractivity contribution < 1.29 is 0 Å². The molecule has 1 aliphatic heterocycles. The van der Waals surface area contributed by atoms with Gasteiger partial charge >= 0.3 is 0 Å². The number of nitrogens with zero attached hydrogens (tertiary/aromatic N) is 4. The van der Waals surface area contributed by atoms with E-state index in [2.05, 4.69) is 15.0 Å². The molecule has 0 unspecified atom stereocenters. The van der Waals surface area contributed by atoms with Crippen LogP contribution in [0.4, 0.5) is 17.3 Å². The van der Waals surface area contributed by atoms with Gasteiger partial charge in [0.2, 0.25) is 0 Å². The molecule has 0 aliphatic carbocycles. The molecule has 0 radical (unpaired) electrons. The summed E-state index contributed by atoms with van der Waals surface area (Å²) in [6.07, 6.45) is 2.53. The average Bonchev–Trinajstić information content (AvgIpc) is 2.87. The molecule has 0 bridgehead atoms. The van der Waals surface area contributed by atoms with E-state index in [1.54, 1.807) is 12.3 Å². The molecule has 0 amide bonds. The summed E-state index contributed by atoms with van der Waals surface area (Å²) in [6.45, 7) is 1.70. The molecule has 2 aromatic heterocycles. The maximum atomic E-state index is 5.92. The van der Waals surface area contributed by atoms with Crippen molar-refractivity contribution >= 4 is 23.0 Å². The zero-order chi connectivity index (χ0) is 12.0. The van der Waals surface area contributed by atoms with Crippen molar-refractivity contribution in [3.8, 4) is 0 Å². The highest BCUT2D eigenvalue weighted by Gasteiger charge is 2.21. The van der Waals surface area contributed by atoms with Gasteiger partial charge in [0.05, 0.1) is 11.9 Å². The zero-order valence-electron chi connectivity index (χ0n) is 9.37. The molecule has 0 spiro atoms. The van der Waals surface area contributed by atoms with Crippen LogP contribution in [0.2, 0.25) is 0 Å². The molecule has 3 heterocycles. The fourth-order valence-corrected chi connectivity index (χ4v) is 2.15. The third kappa shape index (κ3) is 1.55. The predicted octanol–water partition coefficient (Wildman–Crippen LogP) is -0.569. The lowest BCUT2D eigenvalue weighted by molar-refractivity contribution is 0.751. The lowest BCUT2D eigenvalue weighted by Crippen LogP contribution is -2.27. The summed E-state index contributed by atoms with van der Waals surface area (Å²) in [5, 5.41) is 4.06. The van der Waals surface area contributed by atoms with Gasteiger partial charge in [-0.3, -0.25) is 0 Å². The smallest absolute Gasteiger partial charge is 0.182 e. The molecule has 17 heavy (non-hydrogen) atoms. The maximum absolute atomic E-state index is 5.92. The third-order valence-electron chi connectivity index (χ3n) is 3.06. The van der Waals surface area contributed by atoms with Crippen LogP contribution in [0.5, 0.6) is 0 Å². The highest BCUT2D eigenvalue weighted by molar-refractivity contribution is 5.69. The van der Waals surface area contributed by atoms with Gasteiger partial charge in [0, 0.05) is 25.2 Å². The van der Waals surface area contributed by atoms with Gasteiger partial charge in [-0.05, 0) is 6.42 Å². The highest BCUT2D eigenvalue weighted by atomic mass is 15.3. The van der Waals surface area contributed by atoms with Crippen LogP contribution >= 0.6 is 0 Å². The highest BCUT2D eigenvalue weighted by Crippen LogP contribution is 2.23. The minimum Gasteiger partial charge on any atom is -0.394 e. The van der Waals surface area contributed by atoms with Crippen molar-refractivity contribution in [3.63, 3.8) is 0 Å². The maximum Gasteiger partial charge on any atom is 0.182 e. The third-order valence-corrected chi connectivity index (χ3v) is 3.06. The van der Waals surface area contributed by atoms with Crippen molar-refractivity contribution in [1.82, 2.24) is 14.6 Å². The van der Waals surface area contributed by atoms with Crippen molar-refractivity contribution in [2.75, 3.05) is 29.5 Å². The Morgan fingerprint density at radius 1 is 1.35 bits per heavy atom. The standard InChI is InChI=1S/C10H15N7/c11-6-1-2-16(5-6)9-3-8(13)17-10(15-9)7(12)4-14-17/h3-4,6H,1-2,5,11-13H2/t6-/m0/s1. The van der Waals surface area contributed by atoms with Crippen LogP contribution < -0.4 is 22.1 Å². The van der Waals surface area contributed by atoms with Crippen molar-refractivity contribution in [1.29, 1.82) is 0 Å². The summed E-state index contributed by atoms with van der Waals surface area (Å²) in [4.78, 5) is 6.60. The number of rotatable bonds is 1. The van der Waals surface area contributed by atoms with Gasteiger partial charge in [0.1, 0.15) is 11.6 Å². The average molecular weight is 233 g/mol. The number of hydrogen-bond donors (Lipinski definition) is 3. The number of anilines is 3. The fraction of sp³-hybridized carbons (Fsp3) is 0.400. The van der Waals surface area contributed by atoms with Crippen LogP contribution in [0.1, 0.15) is 6.42 Å². The number of aromatic nitrogens is 3. The molecule has 3 rings (SSSR count). The summed E-state index contributed by atoms with van der Waals surface area (Å²) in [7, 11) is 0. The molecule has 0 saturated carbocycles. The van der Waals surface area contributed by atoms with E-state index in [9.17, 15) is 0 Å². The monoisotopic (exact) mass is 233 g/mol. The summed E-state index contributed by atoms with van der Waals surface area (Å²) >= 11 is 0. The van der Waals surface area contributed by atoms with Gasteiger partial charge in [-0.2, -0.15) is 9.61 Å². The first kappa shape index (κ1) is 10.2. The minimum atomic E-state index is 0.205. The molecule has 1 atom stereocenters. The molecule has 6 N–H and O–H groups in total. The minimum absolute atomic E-state index is 0.205. The Bertz CT molecular complexity index is 561. The van der Waals surface area contributed by atoms with Crippen LogP contribution in [0.25, 0.3) is 5.65 Å². The molecule has 7 nitrogen and oxygen atoms in total. The number of fused-ring (bicyclic) bond motifs is 1. The van der Waals surface area contributed by atoms with Gasteiger partial charge in [-0.15, -0.1) is 0 Å². The molecule has 2 aromatic rings. The molecule has 1 fully saturated rings. The molecule has 1 aliphatic rings. The van der Waals surface area contributed by atoms with Crippen LogP contribution in [-0.4, -0.2) is 33.7 Å². The van der Waals surface area contributed by atoms with Gasteiger partial charge in [0.15, 0.2) is 5.65 Å². The zero-order valence-corrected chi connectivity index (χ0v) is 9.37. The molecule has 90 valence electrons. The lowest BCUT2D eigenvalue weighted by atomic mass is 10.3. The Morgan fingerprint density at radius 2 is 2.18 bits per heavy atom. The van der Waals surface area contributed by atoms with Crippen LogP contribution in [0.15, 0.2) is 12.3 Å². The quantitative estimate of drug-likeness (QED) is 0.608. The van der Waals surface area contributed by atoms with E-state index < -0.39 is 0 Å². The first-order chi connectivity index (χ1) is 8.15. The Balaban J connectivity index is 2.08. The van der Waals surface area contributed by atoms with Crippen molar-refractivity contribution in [2.24, 2.45) is 5.73 Å². The van der Waals surface area contributed by atoms with E-state index in [0.717, 1.165) is 25.3 Å². The van der Waals surface area contributed by atoms with E-state index in [0.29, 0.717) is 17.2 Å². The van der Waals surface area contributed by atoms with Gasteiger partial charge in [-0.1, -0.05) is 0 Å². The van der Waals surface area contributed by atoms with E-state index >= 15 is 0 Å². The summed E-state index contributed by atoms with van der Waals surface area (Å²) in [5.41, 5.74) is 18.7. The number of nitrogen functional groups attached to an aromatic ring is 2. The Morgan fingerprint density at radius 3 is 2.88 bits per heavy atom. The van der Waals surface area contributed by atoms with Gasteiger partial charge in [0.25, 0.3) is 0 Å². The molecular formula is C10H15N7. The molecule has 1 saturated heterocycles. The topological polar surface area (TPSA) is 111 Å². The van der Waals surface area contributed by atoms with Crippen molar-refractivity contribution in [2.45, 2.75) is 12.5 Å². The first-order valence-corrected chi connectivity index (χ1v) is 5.55. The van der Waals surface area contributed by atoms with Gasteiger partial charge < -0.3 is 22.1 Å². The lowest BCUT2D eigenvalue weighted by Gasteiger charge is -2.17. The van der Waals surface area contributed by atoms with Crippen LogP contribution in [-0.2, 0) is 0 Å². The van der Waals surface area contributed by atoms with E-state index in [4.69, 9.17) is 17.2 Å². The van der Waals surface area contributed by atoms with E-state index in [-0.39, 0.29) is 6.04 Å². The fourth-order valence-electron chi connectivity index (χ4n) is 2.15. The van der Waals surface area contributed by atoms with E-state index in [1.165, 1.54) is 4.52 Å². The second-order valence-corrected chi connectivity index (χ2v) is 4.37. The van der Waals surface area contributed by atoms with Crippen LogP contribution in [0, 0.1) is 0 Å². The first-order valence-electron chi connectivity index (χ1n) is 5.55. The summed E-state index contributed by atoms with van der Waals surface area (Å²) in [5.74, 6) is 1.34. The predicted molar refractivity (Wildman–Crippen MR) is 66.6 cm³/mol. The second kappa shape index (κ2) is 3.49. The van der Waals surface area contributed by atoms with Crippen molar-refractivity contribution in [3.05, 3.63) is 12.3 Å².